The Kier molecular flexibility index (Phi) is 3.47. The predicted molar refractivity (Wildman–Crippen MR) is 104 cm³/mol. The standard InChI is InChI=1S/C21H19NO4S/c1-2-6-16-14(5-1)21(20(22-16)27-10-13-4-3-7-23-13)11-24-17-9-19-18(8-15(17)21)25-12-26-19/h1-2,5-6,8-9,13H,3-4,7,10-12H2/t13-,21?/m0/s1. The highest BCUT2D eigenvalue weighted by atomic mass is 32.2. The summed E-state index contributed by atoms with van der Waals surface area (Å²) in [7, 11) is 0. The van der Waals surface area contributed by atoms with E-state index in [-0.39, 0.29) is 12.2 Å². The zero-order chi connectivity index (χ0) is 17.8. The van der Waals surface area contributed by atoms with Crippen molar-refractivity contribution in [2.75, 3.05) is 25.8 Å². The van der Waals surface area contributed by atoms with Crippen LogP contribution in [0.3, 0.4) is 0 Å². The second-order valence-corrected chi connectivity index (χ2v) is 8.28. The van der Waals surface area contributed by atoms with E-state index in [4.69, 9.17) is 23.9 Å². The number of nitrogens with zero attached hydrogens (tertiary/aromatic N) is 1. The molecule has 2 atom stereocenters. The van der Waals surface area contributed by atoms with Gasteiger partial charge in [-0.25, -0.2) is 4.99 Å². The molecule has 0 radical (unpaired) electrons. The number of benzene rings is 2. The van der Waals surface area contributed by atoms with E-state index < -0.39 is 0 Å². The van der Waals surface area contributed by atoms with Gasteiger partial charge in [-0.05, 0) is 30.5 Å². The zero-order valence-electron chi connectivity index (χ0n) is 14.8. The van der Waals surface area contributed by atoms with E-state index in [9.17, 15) is 0 Å². The number of aliphatic imine (C=N–C) groups is 1. The SMILES string of the molecule is c1ccc2c(c1)N=C(SC[C@@H]1CCCO1)C21COc2cc3c(cc21)OCO3. The normalized spacial score (nSPS) is 26.8. The third-order valence-corrected chi connectivity index (χ3v) is 7.01. The molecule has 4 aliphatic heterocycles. The van der Waals surface area contributed by atoms with E-state index in [0.717, 1.165) is 58.7 Å². The smallest absolute Gasteiger partial charge is 0.231 e. The van der Waals surface area contributed by atoms with E-state index in [1.54, 1.807) is 11.8 Å². The largest absolute Gasteiger partial charge is 0.491 e. The Morgan fingerprint density at radius 2 is 1.93 bits per heavy atom. The first-order chi connectivity index (χ1) is 13.3. The van der Waals surface area contributed by atoms with Crippen LogP contribution in [0.15, 0.2) is 41.4 Å². The lowest BCUT2D eigenvalue weighted by Crippen LogP contribution is -2.35. The highest BCUT2D eigenvalue weighted by Gasteiger charge is 2.52. The summed E-state index contributed by atoms with van der Waals surface area (Å²) in [6, 6.07) is 12.4. The second kappa shape index (κ2) is 5.91. The summed E-state index contributed by atoms with van der Waals surface area (Å²) in [6.07, 6.45) is 2.60. The molecule has 27 heavy (non-hydrogen) atoms. The molecule has 1 saturated heterocycles. The van der Waals surface area contributed by atoms with Crippen molar-refractivity contribution < 1.29 is 18.9 Å². The molecule has 0 aromatic heterocycles. The quantitative estimate of drug-likeness (QED) is 0.786. The Hall–Kier alpha value is -2.18. The van der Waals surface area contributed by atoms with Crippen LogP contribution in [0.5, 0.6) is 17.2 Å². The molecule has 138 valence electrons. The van der Waals surface area contributed by atoms with Gasteiger partial charge in [-0.3, -0.25) is 0 Å². The van der Waals surface area contributed by atoms with Crippen LogP contribution in [0.2, 0.25) is 0 Å². The van der Waals surface area contributed by atoms with Crippen LogP contribution >= 0.6 is 11.8 Å². The minimum absolute atomic E-state index is 0.260. The molecular weight excluding hydrogens is 362 g/mol. The first-order valence-corrected chi connectivity index (χ1v) is 10.3. The number of ether oxygens (including phenoxy) is 4. The number of hydrogen-bond donors (Lipinski definition) is 0. The minimum Gasteiger partial charge on any atom is -0.491 e. The van der Waals surface area contributed by atoms with Crippen LogP contribution in [0.1, 0.15) is 24.0 Å². The number of thioether (sulfide) groups is 1. The maximum absolute atomic E-state index is 6.16. The molecule has 1 spiro atoms. The monoisotopic (exact) mass is 381 g/mol. The zero-order valence-corrected chi connectivity index (χ0v) is 15.6. The topological polar surface area (TPSA) is 49.3 Å². The Balaban J connectivity index is 1.45. The summed E-state index contributed by atoms with van der Waals surface area (Å²) >= 11 is 1.80. The van der Waals surface area contributed by atoms with Gasteiger partial charge in [-0.2, -0.15) is 0 Å². The van der Waals surface area contributed by atoms with Gasteiger partial charge in [0.05, 0.1) is 16.8 Å². The number of hydrogen-bond acceptors (Lipinski definition) is 6. The summed E-state index contributed by atoms with van der Waals surface area (Å²) in [5.41, 5.74) is 2.99. The van der Waals surface area contributed by atoms with Crippen LogP contribution in [0, 0.1) is 0 Å². The molecule has 0 bridgehead atoms. The van der Waals surface area contributed by atoms with Crippen LogP contribution in [0.25, 0.3) is 0 Å². The molecular formula is C21H19NO4S. The third-order valence-electron chi connectivity index (χ3n) is 5.76. The van der Waals surface area contributed by atoms with E-state index in [0.29, 0.717) is 12.7 Å². The number of para-hydroxylation sites is 1. The Labute approximate surface area is 161 Å². The summed E-state index contributed by atoms with van der Waals surface area (Å²) in [4.78, 5) is 5.01. The molecule has 4 aliphatic rings. The van der Waals surface area contributed by atoms with E-state index in [1.165, 1.54) is 5.56 Å². The lowest BCUT2D eigenvalue weighted by atomic mass is 9.77. The van der Waals surface area contributed by atoms with Crippen molar-refractivity contribution in [3.05, 3.63) is 47.5 Å². The van der Waals surface area contributed by atoms with Crippen molar-refractivity contribution in [2.24, 2.45) is 4.99 Å². The van der Waals surface area contributed by atoms with Gasteiger partial charge in [-0.1, -0.05) is 18.2 Å². The second-order valence-electron chi connectivity index (χ2n) is 7.28. The average Bonchev–Trinajstić information content (AvgIpc) is 3.47. The van der Waals surface area contributed by atoms with Gasteiger partial charge < -0.3 is 18.9 Å². The Morgan fingerprint density at radius 3 is 2.81 bits per heavy atom. The molecule has 1 fully saturated rings. The molecule has 0 amide bonds. The number of fused-ring (bicyclic) bond motifs is 5. The fourth-order valence-electron chi connectivity index (χ4n) is 4.39. The van der Waals surface area contributed by atoms with Crippen LogP contribution in [-0.2, 0) is 10.2 Å². The highest BCUT2D eigenvalue weighted by molar-refractivity contribution is 8.14. The fraction of sp³-hybridized carbons (Fsp3) is 0.381. The summed E-state index contributed by atoms with van der Waals surface area (Å²) in [6.45, 7) is 1.69. The van der Waals surface area contributed by atoms with Gasteiger partial charge in [0.2, 0.25) is 6.79 Å². The molecule has 0 N–H and O–H groups in total. The Morgan fingerprint density at radius 1 is 1.04 bits per heavy atom. The molecule has 4 heterocycles. The van der Waals surface area contributed by atoms with E-state index >= 15 is 0 Å². The van der Waals surface area contributed by atoms with Crippen LogP contribution < -0.4 is 14.2 Å². The van der Waals surface area contributed by atoms with Gasteiger partial charge in [0.25, 0.3) is 0 Å². The summed E-state index contributed by atoms with van der Waals surface area (Å²) < 4.78 is 23.2. The maximum atomic E-state index is 6.16. The first kappa shape index (κ1) is 15.8. The van der Waals surface area contributed by atoms with Crippen molar-refractivity contribution in [1.82, 2.24) is 0 Å². The van der Waals surface area contributed by atoms with Crippen LogP contribution in [-0.4, -0.2) is 36.9 Å². The molecule has 0 saturated carbocycles. The van der Waals surface area contributed by atoms with Crippen molar-refractivity contribution in [3.63, 3.8) is 0 Å². The molecule has 5 nitrogen and oxygen atoms in total. The lowest BCUT2D eigenvalue weighted by Gasteiger charge is -2.26. The minimum atomic E-state index is -0.365. The molecule has 2 aromatic rings. The molecule has 0 aliphatic carbocycles. The van der Waals surface area contributed by atoms with Gasteiger partial charge in [0.15, 0.2) is 11.5 Å². The van der Waals surface area contributed by atoms with Gasteiger partial charge >= 0.3 is 0 Å². The summed E-state index contributed by atoms with van der Waals surface area (Å²) in [5.74, 6) is 3.32. The van der Waals surface area contributed by atoms with Crippen LogP contribution in [0.4, 0.5) is 5.69 Å². The van der Waals surface area contributed by atoms with E-state index in [1.807, 2.05) is 12.1 Å². The van der Waals surface area contributed by atoms with Gasteiger partial charge in [-0.15, -0.1) is 11.8 Å². The first-order valence-electron chi connectivity index (χ1n) is 9.34. The van der Waals surface area contributed by atoms with Crippen molar-refractivity contribution in [2.45, 2.75) is 24.4 Å². The molecule has 6 heteroatoms. The summed E-state index contributed by atoms with van der Waals surface area (Å²) in [5, 5.41) is 1.09. The number of rotatable bonds is 2. The van der Waals surface area contributed by atoms with E-state index in [2.05, 4.69) is 24.3 Å². The van der Waals surface area contributed by atoms with Crippen molar-refractivity contribution in [1.29, 1.82) is 0 Å². The van der Waals surface area contributed by atoms with Gasteiger partial charge in [0.1, 0.15) is 17.8 Å². The Bertz CT molecular complexity index is 953. The van der Waals surface area contributed by atoms with Crippen molar-refractivity contribution >= 4 is 22.5 Å². The molecule has 1 unspecified atom stereocenters. The lowest BCUT2D eigenvalue weighted by molar-refractivity contribution is 0.129. The fourth-order valence-corrected chi connectivity index (χ4v) is 5.69. The third kappa shape index (κ3) is 2.26. The highest BCUT2D eigenvalue weighted by Crippen LogP contribution is 2.56. The van der Waals surface area contributed by atoms with Crippen molar-refractivity contribution in [3.8, 4) is 17.2 Å². The predicted octanol–water partition coefficient (Wildman–Crippen LogP) is 4.05. The molecule has 2 aromatic carbocycles. The average molecular weight is 381 g/mol. The van der Waals surface area contributed by atoms with Gasteiger partial charge in [0, 0.05) is 24.0 Å². The molecule has 6 rings (SSSR count). The maximum Gasteiger partial charge on any atom is 0.231 e.